The molecule has 0 saturated heterocycles. The van der Waals surface area contributed by atoms with E-state index in [0.717, 1.165) is 36.0 Å². The SMILES string of the molecule is CC(C)[C@@H]1CC[C@@H](C)C[C@H]1OC(=O)[C@@H](Cc1ccccc1)NC(=O)OCC1c2ccccc2-c2ccccc21. The second-order valence-corrected chi connectivity index (χ2v) is 11.5. The highest BCUT2D eigenvalue weighted by Gasteiger charge is 2.36. The molecule has 3 aromatic carbocycles. The lowest BCUT2D eigenvalue weighted by Crippen LogP contribution is -2.46. The first kappa shape index (κ1) is 27.0. The van der Waals surface area contributed by atoms with Gasteiger partial charge in [-0.05, 0) is 58.4 Å². The van der Waals surface area contributed by atoms with Crippen LogP contribution in [0, 0.1) is 17.8 Å². The highest BCUT2D eigenvalue weighted by atomic mass is 16.6. The standard InChI is InChI=1S/C34H39NO4/c1-22(2)25-18-17-23(3)19-32(25)39-33(36)31(20-24-11-5-4-6-12-24)35-34(37)38-21-30-28-15-9-7-13-26(28)27-14-8-10-16-29(27)30/h4-16,22-23,25,30-32H,17-21H2,1-3H3,(H,35,37)/t23-,25+,31-,32-/m1/s1. The van der Waals surface area contributed by atoms with Gasteiger partial charge in [0.25, 0.3) is 0 Å². The van der Waals surface area contributed by atoms with Crippen LogP contribution in [0.2, 0.25) is 0 Å². The van der Waals surface area contributed by atoms with E-state index in [-0.39, 0.29) is 18.6 Å². The van der Waals surface area contributed by atoms with Gasteiger partial charge >= 0.3 is 12.1 Å². The van der Waals surface area contributed by atoms with Crippen molar-refractivity contribution < 1.29 is 19.1 Å². The van der Waals surface area contributed by atoms with Gasteiger partial charge in [0, 0.05) is 12.3 Å². The summed E-state index contributed by atoms with van der Waals surface area (Å²) in [5.41, 5.74) is 5.61. The molecule has 3 aromatic rings. The maximum absolute atomic E-state index is 13.5. The Morgan fingerprint density at radius 2 is 1.49 bits per heavy atom. The summed E-state index contributed by atoms with van der Waals surface area (Å²) in [7, 11) is 0. The normalized spacial score (nSPS) is 21.1. The third kappa shape index (κ3) is 6.19. The summed E-state index contributed by atoms with van der Waals surface area (Å²) in [5, 5.41) is 2.85. The number of carbonyl (C=O) groups excluding carboxylic acids is 2. The van der Waals surface area contributed by atoms with E-state index in [0.29, 0.717) is 24.2 Å². The van der Waals surface area contributed by atoms with Crippen molar-refractivity contribution in [3.05, 3.63) is 95.6 Å². The van der Waals surface area contributed by atoms with Crippen molar-refractivity contribution in [2.75, 3.05) is 6.61 Å². The Morgan fingerprint density at radius 1 is 0.872 bits per heavy atom. The molecule has 1 amide bonds. The van der Waals surface area contributed by atoms with Gasteiger partial charge in [0.15, 0.2) is 0 Å². The Hall–Kier alpha value is -3.60. The predicted molar refractivity (Wildman–Crippen MR) is 153 cm³/mol. The average Bonchev–Trinajstić information content (AvgIpc) is 3.25. The molecule has 1 N–H and O–H groups in total. The number of esters is 1. The molecule has 0 unspecified atom stereocenters. The minimum atomic E-state index is -0.826. The van der Waals surface area contributed by atoms with Crippen LogP contribution in [0.15, 0.2) is 78.9 Å². The van der Waals surface area contributed by atoms with Crippen molar-refractivity contribution in [2.24, 2.45) is 17.8 Å². The quantitative estimate of drug-likeness (QED) is 0.318. The van der Waals surface area contributed by atoms with Crippen LogP contribution in [-0.4, -0.2) is 30.8 Å². The van der Waals surface area contributed by atoms with Crippen LogP contribution >= 0.6 is 0 Å². The van der Waals surface area contributed by atoms with E-state index in [9.17, 15) is 9.59 Å². The van der Waals surface area contributed by atoms with Crippen molar-refractivity contribution in [3.63, 3.8) is 0 Å². The van der Waals surface area contributed by atoms with Crippen molar-refractivity contribution in [2.45, 2.75) is 64.5 Å². The van der Waals surface area contributed by atoms with E-state index in [1.807, 2.05) is 54.6 Å². The number of nitrogens with one attached hydrogen (secondary N) is 1. The molecule has 0 radical (unpaired) electrons. The van der Waals surface area contributed by atoms with Crippen LogP contribution in [0.25, 0.3) is 11.1 Å². The zero-order valence-corrected chi connectivity index (χ0v) is 23.1. The summed E-state index contributed by atoms with van der Waals surface area (Å²) in [6, 6.07) is 25.4. The smallest absolute Gasteiger partial charge is 0.407 e. The molecule has 0 aliphatic heterocycles. The third-order valence-corrected chi connectivity index (χ3v) is 8.43. The van der Waals surface area contributed by atoms with E-state index < -0.39 is 18.1 Å². The van der Waals surface area contributed by atoms with Crippen LogP contribution < -0.4 is 5.32 Å². The molecular formula is C34H39NO4. The van der Waals surface area contributed by atoms with E-state index >= 15 is 0 Å². The lowest BCUT2D eigenvalue weighted by atomic mass is 9.75. The summed E-state index contributed by atoms with van der Waals surface area (Å²) in [4.78, 5) is 26.6. The van der Waals surface area contributed by atoms with Gasteiger partial charge in [0.1, 0.15) is 18.8 Å². The molecule has 204 valence electrons. The minimum absolute atomic E-state index is 0.0433. The Morgan fingerprint density at radius 3 is 2.13 bits per heavy atom. The lowest BCUT2D eigenvalue weighted by molar-refractivity contribution is -0.158. The monoisotopic (exact) mass is 525 g/mol. The van der Waals surface area contributed by atoms with Crippen LogP contribution in [0.4, 0.5) is 4.79 Å². The molecule has 0 heterocycles. The molecule has 1 fully saturated rings. The topological polar surface area (TPSA) is 64.6 Å². The van der Waals surface area contributed by atoms with Crippen molar-refractivity contribution in [1.82, 2.24) is 5.32 Å². The number of amides is 1. The molecule has 0 aromatic heterocycles. The molecule has 5 rings (SSSR count). The predicted octanol–water partition coefficient (Wildman–Crippen LogP) is 7.14. The number of hydrogen-bond acceptors (Lipinski definition) is 4. The van der Waals surface area contributed by atoms with Crippen molar-refractivity contribution in [1.29, 1.82) is 0 Å². The van der Waals surface area contributed by atoms with Gasteiger partial charge in [0.05, 0.1) is 0 Å². The summed E-state index contributed by atoms with van der Waals surface area (Å²) in [6.45, 7) is 6.80. The van der Waals surface area contributed by atoms with E-state index in [1.54, 1.807) is 0 Å². The zero-order chi connectivity index (χ0) is 27.4. The molecule has 2 aliphatic rings. The largest absolute Gasteiger partial charge is 0.461 e. The van der Waals surface area contributed by atoms with Crippen LogP contribution in [0.5, 0.6) is 0 Å². The molecule has 0 spiro atoms. The van der Waals surface area contributed by atoms with E-state index in [2.05, 4.69) is 50.4 Å². The molecule has 4 atom stereocenters. The number of benzene rings is 3. The number of fused-ring (bicyclic) bond motifs is 3. The Labute approximate surface area is 231 Å². The highest BCUT2D eigenvalue weighted by molar-refractivity contribution is 5.82. The lowest BCUT2D eigenvalue weighted by Gasteiger charge is -2.37. The third-order valence-electron chi connectivity index (χ3n) is 8.43. The Kier molecular flexibility index (Phi) is 8.35. The first-order valence-corrected chi connectivity index (χ1v) is 14.3. The van der Waals surface area contributed by atoms with Gasteiger partial charge in [-0.1, -0.05) is 106 Å². The second-order valence-electron chi connectivity index (χ2n) is 11.5. The van der Waals surface area contributed by atoms with Crippen LogP contribution in [-0.2, 0) is 20.7 Å². The summed E-state index contributed by atoms with van der Waals surface area (Å²) in [5.74, 6) is 0.839. The first-order valence-electron chi connectivity index (χ1n) is 14.3. The average molecular weight is 526 g/mol. The molecule has 0 bridgehead atoms. The van der Waals surface area contributed by atoms with Crippen molar-refractivity contribution >= 4 is 12.1 Å². The van der Waals surface area contributed by atoms with Gasteiger partial charge in [-0.25, -0.2) is 9.59 Å². The number of hydrogen-bond donors (Lipinski definition) is 1. The maximum Gasteiger partial charge on any atom is 0.407 e. The summed E-state index contributed by atoms with van der Waals surface area (Å²) >= 11 is 0. The minimum Gasteiger partial charge on any atom is -0.461 e. The van der Waals surface area contributed by atoms with Crippen molar-refractivity contribution in [3.8, 4) is 11.1 Å². The zero-order valence-electron chi connectivity index (χ0n) is 23.1. The Bertz CT molecular complexity index is 1240. The van der Waals surface area contributed by atoms with Crippen LogP contribution in [0.3, 0.4) is 0 Å². The summed E-state index contributed by atoms with van der Waals surface area (Å²) < 4.78 is 11.9. The number of alkyl carbamates (subject to hydrolysis) is 1. The second kappa shape index (κ2) is 12.1. The maximum atomic E-state index is 13.5. The molecule has 5 nitrogen and oxygen atoms in total. The highest BCUT2D eigenvalue weighted by Crippen LogP contribution is 2.44. The molecule has 5 heteroatoms. The summed E-state index contributed by atoms with van der Waals surface area (Å²) in [6.07, 6.45) is 2.68. The molecular weight excluding hydrogens is 486 g/mol. The van der Waals surface area contributed by atoms with E-state index in [4.69, 9.17) is 9.47 Å². The van der Waals surface area contributed by atoms with Gasteiger partial charge in [-0.15, -0.1) is 0 Å². The van der Waals surface area contributed by atoms with Gasteiger partial charge in [-0.2, -0.15) is 0 Å². The van der Waals surface area contributed by atoms with E-state index in [1.165, 1.54) is 11.1 Å². The van der Waals surface area contributed by atoms with Crippen LogP contribution in [0.1, 0.15) is 62.6 Å². The first-order chi connectivity index (χ1) is 18.9. The molecule has 39 heavy (non-hydrogen) atoms. The van der Waals surface area contributed by atoms with Gasteiger partial charge in [0.2, 0.25) is 0 Å². The number of rotatable bonds is 8. The van der Waals surface area contributed by atoms with Gasteiger partial charge < -0.3 is 14.8 Å². The van der Waals surface area contributed by atoms with Gasteiger partial charge in [-0.3, -0.25) is 0 Å². The Balaban J connectivity index is 1.28. The molecule has 1 saturated carbocycles. The molecule has 2 aliphatic carbocycles. The fourth-order valence-electron chi connectivity index (χ4n) is 6.31. The fourth-order valence-corrected chi connectivity index (χ4v) is 6.31. The number of ether oxygens (including phenoxy) is 2. The fraction of sp³-hybridized carbons (Fsp3) is 0.412. The number of carbonyl (C=O) groups is 2.